The summed E-state index contributed by atoms with van der Waals surface area (Å²) in [6, 6.07) is 5.47. The number of anilines is 1. The monoisotopic (exact) mass is 480 g/mol. The predicted octanol–water partition coefficient (Wildman–Crippen LogP) is 1.22. The van der Waals surface area contributed by atoms with E-state index in [0.29, 0.717) is 11.8 Å². The van der Waals surface area contributed by atoms with Crippen LogP contribution in [0.15, 0.2) is 23.0 Å². The lowest BCUT2D eigenvalue weighted by molar-refractivity contribution is -0.135. The molecule has 4 fully saturated rings. The zero-order valence-corrected chi connectivity index (χ0v) is 20.6. The highest BCUT2D eigenvalue weighted by molar-refractivity contribution is 6.00. The summed E-state index contributed by atoms with van der Waals surface area (Å²) >= 11 is 0. The predicted molar refractivity (Wildman–Crippen MR) is 135 cm³/mol. The second-order valence-corrected chi connectivity index (χ2v) is 11.2. The Morgan fingerprint density at radius 3 is 2.46 bits per heavy atom. The molecule has 1 unspecified atom stereocenters. The number of imidazole rings is 1. The molecule has 2 aromatic rings. The maximum Gasteiger partial charge on any atom is 0.329 e. The van der Waals surface area contributed by atoms with E-state index in [9.17, 15) is 14.4 Å². The molecule has 0 saturated carbocycles. The Hall–Kier alpha value is -2.65. The molecule has 4 saturated heterocycles. The summed E-state index contributed by atoms with van der Waals surface area (Å²) < 4.78 is 3.17. The summed E-state index contributed by atoms with van der Waals surface area (Å²) in [6.07, 6.45) is 5.76. The molecule has 0 radical (unpaired) electrons. The van der Waals surface area contributed by atoms with Crippen LogP contribution in [0.4, 0.5) is 5.69 Å². The normalized spacial score (nSPS) is 25.7. The largest absolute Gasteiger partial charge is 0.370 e. The molecule has 1 aromatic carbocycles. The average molecular weight is 481 g/mol. The summed E-state index contributed by atoms with van der Waals surface area (Å²) in [4.78, 5) is 42.1. The number of carbonyl (C=O) groups excluding carboxylic acids is 2. The van der Waals surface area contributed by atoms with Crippen LogP contribution in [0, 0.1) is 11.3 Å². The van der Waals surface area contributed by atoms with E-state index in [2.05, 4.69) is 32.6 Å². The van der Waals surface area contributed by atoms with E-state index in [-0.39, 0.29) is 18.0 Å². The number of likely N-dealkylation sites (tertiary alicyclic amines) is 1. The van der Waals surface area contributed by atoms with Crippen LogP contribution in [-0.4, -0.2) is 71.7 Å². The number of aryl methyl sites for hydroxylation is 1. The third-order valence-corrected chi connectivity index (χ3v) is 8.90. The summed E-state index contributed by atoms with van der Waals surface area (Å²) in [5.41, 5.74) is 2.92. The number of nitrogens with zero attached hydrogens (tertiary/aromatic N) is 4. The number of hydrogen-bond acceptors (Lipinski definition) is 6. The van der Waals surface area contributed by atoms with Gasteiger partial charge in [-0.2, -0.15) is 0 Å². The molecule has 4 aliphatic heterocycles. The van der Waals surface area contributed by atoms with Crippen molar-refractivity contribution in [3.63, 3.8) is 0 Å². The molecule has 6 rings (SSSR count). The van der Waals surface area contributed by atoms with Crippen molar-refractivity contribution in [2.45, 2.75) is 44.6 Å². The Labute approximate surface area is 205 Å². The number of piperidine rings is 3. The molecule has 1 spiro atoms. The molecule has 5 heterocycles. The second-order valence-electron chi connectivity index (χ2n) is 11.2. The average Bonchev–Trinajstić information content (AvgIpc) is 3.08. The van der Waals surface area contributed by atoms with Crippen molar-refractivity contribution in [1.82, 2.24) is 24.7 Å². The minimum Gasteiger partial charge on any atom is -0.370 e. The number of imide groups is 1. The summed E-state index contributed by atoms with van der Waals surface area (Å²) in [5.74, 6) is 0.191. The smallest absolute Gasteiger partial charge is 0.329 e. The minimum absolute atomic E-state index is 0.215. The van der Waals surface area contributed by atoms with Crippen molar-refractivity contribution in [2.24, 2.45) is 18.4 Å². The Balaban J connectivity index is 1.13. The van der Waals surface area contributed by atoms with Crippen molar-refractivity contribution in [3.8, 4) is 0 Å². The first-order valence-corrected chi connectivity index (χ1v) is 13.2. The highest BCUT2D eigenvalue weighted by atomic mass is 16.2. The van der Waals surface area contributed by atoms with Crippen molar-refractivity contribution >= 4 is 28.5 Å². The number of amides is 2. The van der Waals surface area contributed by atoms with Crippen LogP contribution in [0.1, 0.15) is 44.6 Å². The van der Waals surface area contributed by atoms with Gasteiger partial charge in [-0.05, 0) is 82.4 Å². The maximum atomic E-state index is 13.0. The van der Waals surface area contributed by atoms with Gasteiger partial charge in [0.05, 0.1) is 11.0 Å². The molecule has 0 aliphatic carbocycles. The number of rotatable bonds is 4. The summed E-state index contributed by atoms with van der Waals surface area (Å²) in [7, 11) is 1.76. The first kappa shape index (κ1) is 22.8. The Bertz CT molecular complexity index is 1190. The molecular formula is C26H36N6O3. The van der Waals surface area contributed by atoms with E-state index in [4.69, 9.17) is 0 Å². The third-order valence-electron chi connectivity index (χ3n) is 8.90. The third kappa shape index (κ3) is 4.08. The van der Waals surface area contributed by atoms with Crippen LogP contribution >= 0.6 is 0 Å². The van der Waals surface area contributed by atoms with Gasteiger partial charge in [-0.1, -0.05) is 0 Å². The molecule has 9 nitrogen and oxygen atoms in total. The van der Waals surface area contributed by atoms with Crippen LogP contribution in [-0.2, 0) is 16.6 Å². The zero-order chi connectivity index (χ0) is 24.2. The fourth-order valence-electron chi connectivity index (χ4n) is 6.68. The number of fused-ring (bicyclic) bond motifs is 1. The van der Waals surface area contributed by atoms with Gasteiger partial charge < -0.3 is 15.1 Å². The summed E-state index contributed by atoms with van der Waals surface area (Å²) in [6.45, 7) is 8.16. The Morgan fingerprint density at radius 2 is 1.74 bits per heavy atom. The minimum atomic E-state index is -0.642. The molecule has 2 N–H and O–H groups in total. The lowest BCUT2D eigenvalue weighted by atomic mass is 9.71. The first-order valence-electron chi connectivity index (χ1n) is 13.2. The van der Waals surface area contributed by atoms with Crippen molar-refractivity contribution < 1.29 is 9.59 Å². The van der Waals surface area contributed by atoms with Crippen LogP contribution in [0.3, 0.4) is 0 Å². The van der Waals surface area contributed by atoms with Crippen LogP contribution in [0.2, 0.25) is 0 Å². The van der Waals surface area contributed by atoms with E-state index in [1.165, 1.54) is 58.4 Å². The van der Waals surface area contributed by atoms with E-state index in [1.54, 1.807) is 16.2 Å². The quantitative estimate of drug-likeness (QED) is 0.640. The summed E-state index contributed by atoms with van der Waals surface area (Å²) in [5, 5.41) is 5.84. The van der Waals surface area contributed by atoms with Crippen LogP contribution < -0.4 is 21.2 Å². The van der Waals surface area contributed by atoms with Gasteiger partial charge in [0.1, 0.15) is 6.04 Å². The van der Waals surface area contributed by atoms with Crippen LogP contribution in [0.25, 0.3) is 11.0 Å². The topological polar surface area (TPSA) is 91.6 Å². The molecule has 9 heteroatoms. The number of benzene rings is 1. The van der Waals surface area contributed by atoms with E-state index in [1.807, 2.05) is 6.07 Å². The van der Waals surface area contributed by atoms with Gasteiger partial charge in [0.15, 0.2) is 0 Å². The maximum absolute atomic E-state index is 13.0. The molecule has 4 aliphatic rings. The Morgan fingerprint density at radius 1 is 1.00 bits per heavy atom. The Kier molecular flexibility index (Phi) is 5.72. The van der Waals surface area contributed by atoms with Gasteiger partial charge >= 0.3 is 5.69 Å². The first-order chi connectivity index (χ1) is 16.9. The number of nitrogens with one attached hydrogen (secondary N) is 2. The van der Waals surface area contributed by atoms with E-state index in [0.717, 1.165) is 35.7 Å². The van der Waals surface area contributed by atoms with Crippen LogP contribution in [0.5, 0.6) is 0 Å². The highest BCUT2D eigenvalue weighted by Gasteiger charge is 2.45. The lowest BCUT2D eigenvalue weighted by Gasteiger charge is -2.55. The fraction of sp³-hybridized carbons (Fsp3) is 0.654. The molecule has 1 atom stereocenters. The number of carbonyl (C=O) groups is 2. The van der Waals surface area contributed by atoms with E-state index < -0.39 is 11.9 Å². The molecule has 2 amide bonds. The molecular weight excluding hydrogens is 444 g/mol. The van der Waals surface area contributed by atoms with Crippen molar-refractivity contribution in [2.75, 3.05) is 50.7 Å². The van der Waals surface area contributed by atoms with Gasteiger partial charge in [0, 0.05) is 44.2 Å². The lowest BCUT2D eigenvalue weighted by Crippen LogP contribution is -2.60. The highest BCUT2D eigenvalue weighted by Crippen LogP contribution is 2.43. The molecule has 35 heavy (non-hydrogen) atoms. The molecule has 1 aromatic heterocycles. The zero-order valence-electron chi connectivity index (χ0n) is 20.6. The molecule has 0 bridgehead atoms. The fourth-order valence-corrected chi connectivity index (χ4v) is 6.68. The van der Waals surface area contributed by atoms with Crippen molar-refractivity contribution in [1.29, 1.82) is 0 Å². The second kappa shape index (κ2) is 8.78. The van der Waals surface area contributed by atoms with Gasteiger partial charge in [-0.15, -0.1) is 0 Å². The number of aromatic nitrogens is 2. The SMILES string of the molecule is Cn1c(=O)n(C2CCC(=O)NC2=O)c2ccc(N3CC4(CCN(CC5CCNCC5)CC4)C3)cc21. The van der Waals surface area contributed by atoms with Gasteiger partial charge in [0.2, 0.25) is 11.8 Å². The van der Waals surface area contributed by atoms with Gasteiger partial charge in [0.25, 0.3) is 0 Å². The van der Waals surface area contributed by atoms with Gasteiger partial charge in [-0.3, -0.25) is 24.0 Å². The molecule has 188 valence electrons. The number of hydrogen-bond donors (Lipinski definition) is 2. The van der Waals surface area contributed by atoms with Gasteiger partial charge in [-0.25, -0.2) is 4.79 Å². The van der Waals surface area contributed by atoms with E-state index >= 15 is 0 Å². The standard InChI is InChI=1S/C26H36N6O3/c1-29-22-14-19(2-3-20(22)32(25(29)35)21-4-5-23(33)28-24(21)34)31-16-26(17-31)8-12-30(13-9-26)15-18-6-10-27-11-7-18/h2-3,14,18,21,27H,4-13,15-17H2,1H3,(H,28,33,34). The van der Waals surface area contributed by atoms with Crippen molar-refractivity contribution in [3.05, 3.63) is 28.7 Å².